The molecule has 0 fully saturated rings. The van der Waals surface area contributed by atoms with E-state index in [1.165, 1.54) is 14.2 Å². The van der Waals surface area contributed by atoms with Crippen LogP contribution in [0, 0.1) is 0 Å². The maximum Gasteiger partial charge on any atom is 0.343 e. The third-order valence-electron chi connectivity index (χ3n) is 2.59. The Morgan fingerprint density at radius 3 is 2.59 bits per heavy atom. The molecule has 1 unspecified atom stereocenters. The maximum atomic E-state index is 11.7. The van der Waals surface area contributed by atoms with Crippen LogP contribution in [-0.2, 0) is 4.74 Å². The average molecular weight is 260 g/mol. The molecule has 1 aromatic rings. The van der Waals surface area contributed by atoms with Crippen molar-refractivity contribution in [3.05, 3.63) is 23.3 Å². The summed E-state index contributed by atoms with van der Waals surface area (Å²) in [5.74, 6) is 0.498. The third-order valence-corrected chi connectivity index (χ3v) is 2.59. The van der Waals surface area contributed by atoms with Crippen molar-refractivity contribution in [1.82, 2.24) is 0 Å². The maximum absolute atomic E-state index is 11.7. The fourth-order valence-electron chi connectivity index (χ4n) is 1.85. The Bertz CT molecular complexity index is 436. The van der Waals surface area contributed by atoms with Gasteiger partial charge in [0.25, 0.3) is 0 Å². The first-order valence-electron chi connectivity index (χ1n) is 4.88. The highest BCUT2D eigenvalue weighted by molar-refractivity contribution is 5.98. The molecule has 1 atom stereocenters. The fraction of sp³-hybridized carbons (Fsp3) is 0.364. The summed E-state index contributed by atoms with van der Waals surface area (Å²) in [6, 6.07) is 3.52. The first-order valence-corrected chi connectivity index (χ1v) is 4.88. The Labute approximate surface area is 105 Å². The number of hydrogen-bond acceptors (Lipinski definition) is 5. The molecule has 1 aromatic carbocycles. The number of carbonyl (C=O) groups excluding carboxylic acids is 1. The van der Waals surface area contributed by atoms with E-state index in [1.807, 2.05) is 0 Å². The van der Waals surface area contributed by atoms with Gasteiger partial charge in [-0.3, -0.25) is 0 Å². The lowest BCUT2D eigenvalue weighted by molar-refractivity contribution is 0.0401. The van der Waals surface area contributed by atoms with E-state index in [1.54, 1.807) is 12.1 Å². The van der Waals surface area contributed by atoms with Gasteiger partial charge < -0.3 is 19.9 Å². The quantitative estimate of drug-likeness (QED) is 0.829. The molecule has 6 heteroatoms. The molecule has 0 amide bonds. The summed E-state index contributed by atoms with van der Waals surface area (Å²) < 4.78 is 15.4. The standard InChI is InChI=1S/C11H13NO4.ClH/c1-14-7-4-3-6-8(5-12)16-11(13)9(6)10(7)15-2;/h3-4,8H,5,12H2,1-2H3;1H. The van der Waals surface area contributed by atoms with E-state index in [0.29, 0.717) is 17.1 Å². The number of fused-ring (bicyclic) bond motifs is 1. The first-order chi connectivity index (χ1) is 7.72. The molecule has 2 N–H and O–H groups in total. The van der Waals surface area contributed by atoms with Crippen LogP contribution in [0.4, 0.5) is 0 Å². The molecule has 2 rings (SSSR count). The van der Waals surface area contributed by atoms with Crippen LogP contribution in [0.2, 0.25) is 0 Å². The zero-order valence-corrected chi connectivity index (χ0v) is 10.4. The molecule has 17 heavy (non-hydrogen) atoms. The Balaban J connectivity index is 0.00000144. The minimum Gasteiger partial charge on any atom is -0.493 e. The van der Waals surface area contributed by atoms with E-state index < -0.39 is 5.97 Å². The fourth-order valence-corrected chi connectivity index (χ4v) is 1.85. The molecule has 1 heterocycles. The molecule has 5 nitrogen and oxygen atoms in total. The summed E-state index contributed by atoms with van der Waals surface area (Å²) in [7, 11) is 3.01. The van der Waals surface area contributed by atoms with Gasteiger partial charge in [0, 0.05) is 12.1 Å². The normalized spacial score (nSPS) is 16.9. The number of hydrogen-bond donors (Lipinski definition) is 1. The predicted octanol–water partition coefficient (Wildman–Crippen LogP) is 1.30. The van der Waals surface area contributed by atoms with E-state index in [-0.39, 0.29) is 25.1 Å². The van der Waals surface area contributed by atoms with Crippen LogP contribution in [0.3, 0.4) is 0 Å². The van der Waals surface area contributed by atoms with Gasteiger partial charge in [-0.15, -0.1) is 12.4 Å². The molecular weight excluding hydrogens is 246 g/mol. The molecule has 0 bridgehead atoms. The summed E-state index contributed by atoms with van der Waals surface area (Å²) in [6.07, 6.45) is -0.387. The summed E-state index contributed by atoms with van der Waals surface area (Å²) in [5, 5.41) is 0. The molecule has 0 aromatic heterocycles. The highest BCUT2D eigenvalue weighted by Gasteiger charge is 2.34. The van der Waals surface area contributed by atoms with Crippen molar-refractivity contribution in [2.75, 3.05) is 20.8 Å². The van der Waals surface area contributed by atoms with Gasteiger partial charge in [0.05, 0.1) is 14.2 Å². The molecule has 0 radical (unpaired) electrons. The first kappa shape index (κ1) is 13.6. The number of esters is 1. The van der Waals surface area contributed by atoms with Crippen LogP contribution >= 0.6 is 12.4 Å². The molecular formula is C11H14ClNO4. The molecule has 1 aliphatic rings. The van der Waals surface area contributed by atoms with Crippen molar-refractivity contribution < 1.29 is 19.0 Å². The van der Waals surface area contributed by atoms with E-state index in [9.17, 15) is 4.79 Å². The number of halogens is 1. The van der Waals surface area contributed by atoms with Crippen LogP contribution < -0.4 is 15.2 Å². The lowest BCUT2D eigenvalue weighted by Gasteiger charge is -2.10. The van der Waals surface area contributed by atoms with Gasteiger partial charge in [-0.05, 0) is 6.07 Å². The highest BCUT2D eigenvalue weighted by atomic mass is 35.5. The average Bonchev–Trinajstić information content (AvgIpc) is 2.65. The minimum atomic E-state index is -0.416. The van der Waals surface area contributed by atoms with Crippen LogP contribution in [0.1, 0.15) is 22.0 Å². The van der Waals surface area contributed by atoms with Crippen molar-refractivity contribution in [2.45, 2.75) is 6.10 Å². The zero-order chi connectivity index (χ0) is 11.7. The van der Waals surface area contributed by atoms with Gasteiger partial charge in [0.15, 0.2) is 11.5 Å². The van der Waals surface area contributed by atoms with Gasteiger partial charge in [-0.1, -0.05) is 6.07 Å². The molecule has 1 aliphatic heterocycles. The molecule has 0 aliphatic carbocycles. The Morgan fingerprint density at radius 1 is 1.35 bits per heavy atom. The molecule has 94 valence electrons. The second-order valence-corrected chi connectivity index (χ2v) is 3.39. The Hall–Kier alpha value is -1.46. The van der Waals surface area contributed by atoms with Gasteiger partial charge in [0.2, 0.25) is 0 Å². The Kier molecular flexibility index (Phi) is 4.20. The van der Waals surface area contributed by atoms with Crippen molar-refractivity contribution in [3.63, 3.8) is 0 Å². The van der Waals surface area contributed by atoms with Crippen LogP contribution in [0.5, 0.6) is 11.5 Å². The van der Waals surface area contributed by atoms with Crippen molar-refractivity contribution >= 4 is 18.4 Å². The highest BCUT2D eigenvalue weighted by Crippen LogP contribution is 2.41. The summed E-state index contributed by atoms with van der Waals surface area (Å²) in [6.45, 7) is 0.258. The second-order valence-electron chi connectivity index (χ2n) is 3.39. The van der Waals surface area contributed by atoms with E-state index in [4.69, 9.17) is 19.9 Å². The largest absolute Gasteiger partial charge is 0.493 e. The smallest absolute Gasteiger partial charge is 0.343 e. The molecule has 0 saturated heterocycles. The number of benzene rings is 1. The number of nitrogens with two attached hydrogens (primary N) is 1. The topological polar surface area (TPSA) is 70.8 Å². The van der Waals surface area contributed by atoms with Crippen molar-refractivity contribution in [3.8, 4) is 11.5 Å². The SMILES string of the molecule is COc1ccc2c(c1OC)C(=O)OC2CN.Cl. The summed E-state index contributed by atoms with van der Waals surface area (Å²) in [5.41, 5.74) is 6.69. The number of rotatable bonds is 3. The van der Waals surface area contributed by atoms with Crippen LogP contribution in [0.25, 0.3) is 0 Å². The monoisotopic (exact) mass is 259 g/mol. The number of ether oxygens (including phenoxy) is 3. The summed E-state index contributed by atoms with van der Waals surface area (Å²) >= 11 is 0. The van der Waals surface area contributed by atoms with Crippen molar-refractivity contribution in [2.24, 2.45) is 5.73 Å². The molecule has 0 spiro atoms. The van der Waals surface area contributed by atoms with Crippen LogP contribution in [-0.4, -0.2) is 26.7 Å². The number of methoxy groups -OCH3 is 2. The van der Waals surface area contributed by atoms with Gasteiger partial charge in [0.1, 0.15) is 11.7 Å². The van der Waals surface area contributed by atoms with Gasteiger partial charge in [-0.2, -0.15) is 0 Å². The lowest BCUT2D eigenvalue weighted by atomic mass is 10.0. The molecule has 0 saturated carbocycles. The van der Waals surface area contributed by atoms with E-state index in [0.717, 1.165) is 5.56 Å². The van der Waals surface area contributed by atoms with Gasteiger partial charge >= 0.3 is 5.97 Å². The van der Waals surface area contributed by atoms with E-state index in [2.05, 4.69) is 0 Å². The van der Waals surface area contributed by atoms with Crippen LogP contribution in [0.15, 0.2) is 12.1 Å². The van der Waals surface area contributed by atoms with Crippen molar-refractivity contribution in [1.29, 1.82) is 0 Å². The lowest BCUT2D eigenvalue weighted by Crippen LogP contribution is -2.11. The zero-order valence-electron chi connectivity index (χ0n) is 9.56. The second kappa shape index (κ2) is 5.25. The third kappa shape index (κ3) is 2.03. The Morgan fingerprint density at radius 2 is 2.06 bits per heavy atom. The predicted molar refractivity (Wildman–Crippen MR) is 64.0 cm³/mol. The minimum absolute atomic E-state index is 0. The van der Waals surface area contributed by atoms with E-state index >= 15 is 0 Å². The number of carbonyl (C=O) groups is 1. The summed E-state index contributed by atoms with van der Waals surface area (Å²) in [4.78, 5) is 11.7. The number of cyclic esters (lactones) is 1. The van der Waals surface area contributed by atoms with Gasteiger partial charge in [-0.25, -0.2) is 4.79 Å².